The monoisotopic (exact) mass is 374 g/mol. The van der Waals surface area contributed by atoms with Crippen molar-refractivity contribution in [2.45, 2.75) is 39.3 Å². The second-order valence-electron chi connectivity index (χ2n) is 6.04. The van der Waals surface area contributed by atoms with E-state index in [-0.39, 0.29) is 5.78 Å². The van der Waals surface area contributed by atoms with Gasteiger partial charge >= 0.3 is 0 Å². The summed E-state index contributed by atoms with van der Waals surface area (Å²) in [4.78, 5) is 13.6. The molecule has 0 N–H and O–H groups in total. The van der Waals surface area contributed by atoms with Crippen molar-refractivity contribution in [2.24, 2.45) is 5.92 Å². The van der Waals surface area contributed by atoms with Gasteiger partial charge in [0, 0.05) is 32.0 Å². The van der Waals surface area contributed by atoms with Crippen LogP contribution in [0.2, 0.25) is 0 Å². The molecule has 1 aliphatic carbocycles. The lowest BCUT2D eigenvalue weighted by molar-refractivity contribution is -0.303. The molecule has 0 radical (unpaired) electrons. The molecule has 0 bridgehead atoms. The van der Waals surface area contributed by atoms with E-state index < -0.39 is 17.5 Å². The summed E-state index contributed by atoms with van der Waals surface area (Å²) in [5, 5.41) is 0. The fourth-order valence-electron chi connectivity index (χ4n) is 3.48. The minimum atomic E-state index is -1.56. The van der Waals surface area contributed by atoms with Crippen LogP contribution in [0.3, 0.4) is 0 Å². The summed E-state index contributed by atoms with van der Waals surface area (Å²) in [5.41, 5.74) is 0.518. The van der Waals surface area contributed by atoms with E-state index in [1.165, 1.54) is 0 Å². The smallest absolute Gasteiger partial charge is 0.245 e. The third-order valence-electron chi connectivity index (χ3n) is 4.40. The lowest BCUT2D eigenvalue weighted by Crippen LogP contribution is -2.60. The van der Waals surface area contributed by atoms with Crippen molar-refractivity contribution in [3.05, 3.63) is 60.2 Å². The fraction of sp³-hybridized carbons (Fsp3) is 0.500. The summed E-state index contributed by atoms with van der Waals surface area (Å²) in [5.74, 6) is -3.56. The molecule has 0 spiro atoms. The Morgan fingerprint density at radius 2 is 1.52 bits per heavy atom. The van der Waals surface area contributed by atoms with Gasteiger partial charge in [-0.15, -0.1) is 0 Å². The number of hydrogen-bond acceptors (Lipinski definition) is 5. The quantitative estimate of drug-likeness (QED) is 0.430. The van der Waals surface area contributed by atoms with Crippen LogP contribution in [0.25, 0.3) is 0 Å². The van der Waals surface area contributed by atoms with Crippen LogP contribution in [0.5, 0.6) is 0 Å². The molecule has 0 saturated carbocycles. The van der Waals surface area contributed by atoms with Crippen molar-refractivity contribution in [3.8, 4) is 0 Å². The van der Waals surface area contributed by atoms with Crippen molar-refractivity contribution >= 4 is 5.78 Å². The normalized spacial score (nSPS) is 18.6. The van der Waals surface area contributed by atoms with Crippen LogP contribution in [-0.2, 0) is 18.9 Å². The zero-order valence-corrected chi connectivity index (χ0v) is 16.6. The number of carbonyl (C=O) groups excluding carboxylic acids is 1. The van der Waals surface area contributed by atoms with E-state index in [0.29, 0.717) is 32.0 Å². The zero-order chi connectivity index (χ0) is 19.8. The summed E-state index contributed by atoms with van der Waals surface area (Å²) < 4.78 is 24.2. The second-order valence-corrected chi connectivity index (χ2v) is 6.04. The molecule has 1 aromatic rings. The average Bonchev–Trinajstić information content (AvgIpc) is 2.69. The predicted molar refractivity (Wildman–Crippen MR) is 105 cm³/mol. The maximum atomic E-state index is 13.6. The van der Waals surface area contributed by atoms with Crippen LogP contribution in [0.1, 0.15) is 38.1 Å². The number of ketones is 1. The molecule has 0 fully saturated rings. The van der Waals surface area contributed by atoms with Crippen molar-refractivity contribution < 1.29 is 23.7 Å². The third kappa shape index (κ3) is 4.38. The van der Waals surface area contributed by atoms with E-state index >= 15 is 0 Å². The summed E-state index contributed by atoms with van der Waals surface area (Å²) in [6.07, 6.45) is 7.43. The average molecular weight is 374 g/mol. The summed E-state index contributed by atoms with van der Waals surface area (Å²) in [6, 6.07) is 9.05. The molecule has 5 nitrogen and oxygen atoms in total. The maximum absolute atomic E-state index is 13.6. The first-order valence-corrected chi connectivity index (χ1v) is 9.61. The van der Waals surface area contributed by atoms with E-state index in [0.717, 1.165) is 0 Å². The predicted octanol–water partition coefficient (Wildman–Crippen LogP) is 4.15. The van der Waals surface area contributed by atoms with Gasteiger partial charge in [0.25, 0.3) is 0 Å². The Morgan fingerprint density at radius 1 is 0.926 bits per heavy atom. The molecule has 1 aliphatic rings. The van der Waals surface area contributed by atoms with Gasteiger partial charge in [0.2, 0.25) is 11.6 Å². The highest BCUT2D eigenvalue weighted by molar-refractivity contribution is 6.02. The molecule has 0 aromatic heterocycles. The number of allylic oxidation sites excluding steroid dienone is 2. The Balaban J connectivity index is 2.61. The highest BCUT2D eigenvalue weighted by Gasteiger charge is 2.57. The topological polar surface area (TPSA) is 54.0 Å². The standard InChI is InChI=1S/C22H30O5/c1-5-24-21(25-6-2)17-13-12-16-19(21)22(26-7-3,27-8-4)20(23)18-14-10-9-11-15-18/h9-17,19H,5-8H2,1-4H3. The van der Waals surface area contributed by atoms with Gasteiger partial charge in [-0.25, -0.2) is 0 Å². The highest BCUT2D eigenvalue weighted by atomic mass is 16.7. The molecule has 27 heavy (non-hydrogen) atoms. The maximum Gasteiger partial charge on any atom is 0.245 e. The number of Topliss-reactive ketones (excluding diaryl/α,β-unsaturated/α-hetero) is 1. The first-order chi connectivity index (χ1) is 13.1. The van der Waals surface area contributed by atoms with Gasteiger partial charge in [-0.05, 0) is 33.8 Å². The molecular formula is C22H30O5. The number of benzene rings is 1. The van der Waals surface area contributed by atoms with Crippen LogP contribution >= 0.6 is 0 Å². The van der Waals surface area contributed by atoms with Crippen molar-refractivity contribution in [1.29, 1.82) is 0 Å². The van der Waals surface area contributed by atoms with Gasteiger partial charge in [-0.3, -0.25) is 4.79 Å². The Hall–Kier alpha value is -1.79. The second kappa shape index (κ2) is 9.95. The van der Waals surface area contributed by atoms with Crippen LogP contribution in [-0.4, -0.2) is 43.8 Å². The lowest BCUT2D eigenvalue weighted by atomic mass is 9.81. The van der Waals surface area contributed by atoms with Gasteiger partial charge in [0.15, 0.2) is 5.79 Å². The van der Waals surface area contributed by atoms with Crippen LogP contribution < -0.4 is 0 Å². The molecule has 0 heterocycles. The number of rotatable bonds is 11. The fourth-order valence-corrected chi connectivity index (χ4v) is 3.48. The molecule has 5 heteroatoms. The van der Waals surface area contributed by atoms with Crippen LogP contribution in [0.15, 0.2) is 54.6 Å². The van der Waals surface area contributed by atoms with Gasteiger partial charge < -0.3 is 18.9 Å². The van der Waals surface area contributed by atoms with Gasteiger partial charge in [-0.2, -0.15) is 0 Å². The molecular weight excluding hydrogens is 344 g/mol. The van der Waals surface area contributed by atoms with E-state index in [2.05, 4.69) is 0 Å². The minimum absolute atomic E-state index is 0.250. The molecule has 0 aliphatic heterocycles. The van der Waals surface area contributed by atoms with E-state index in [1.807, 2.05) is 70.2 Å². The summed E-state index contributed by atoms with van der Waals surface area (Å²) >= 11 is 0. The highest BCUT2D eigenvalue weighted by Crippen LogP contribution is 2.42. The lowest BCUT2D eigenvalue weighted by Gasteiger charge is -2.46. The van der Waals surface area contributed by atoms with E-state index in [4.69, 9.17) is 18.9 Å². The molecule has 1 atom stereocenters. The number of hydrogen-bond donors (Lipinski definition) is 0. The van der Waals surface area contributed by atoms with Gasteiger partial charge in [0.05, 0.1) is 5.92 Å². The molecule has 0 saturated heterocycles. The summed E-state index contributed by atoms with van der Waals surface area (Å²) in [7, 11) is 0. The van der Waals surface area contributed by atoms with Crippen LogP contribution in [0, 0.1) is 5.92 Å². The zero-order valence-electron chi connectivity index (χ0n) is 16.6. The van der Waals surface area contributed by atoms with E-state index in [1.54, 1.807) is 12.1 Å². The third-order valence-corrected chi connectivity index (χ3v) is 4.40. The molecule has 0 amide bonds. The molecule has 148 valence electrons. The van der Waals surface area contributed by atoms with Gasteiger partial charge in [-0.1, -0.05) is 48.6 Å². The van der Waals surface area contributed by atoms with Gasteiger partial charge in [0.1, 0.15) is 0 Å². The first kappa shape index (κ1) is 21.5. The molecule has 1 unspecified atom stereocenters. The van der Waals surface area contributed by atoms with E-state index in [9.17, 15) is 4.79 Å². The largest absolute Gasteiger partial charge is 0.346 e. The summed E-state index contributed by atoms with van der Waals surface area (Å²) in [6.45, 7) is 8.93. The number of carbonyl (C=O) groups is 1. The first-order valence-electron chi connectivity index (χ1n) is 9.61. The number of ether oxygens (including phenoxy) is 4. The Morgan fingerprint density at radius 3 is 2.04 bits per heavy atom. The minimum Gasteiger partial charge on any atom is -0.346 e. The molecule has 1 aromatic carbocycles. The Kier molecular flexibility index (Phi) is 7.92. The van der Waals surface area contributed by atoms with Crippen molar-refractivity contribution in [1.82, 2.24) is 0 Å². The van der Waals surface area contributed by atoms with Crippen LogP contribution in [0.4, 0.5) is 0 Å². The van der Waals surface area contributed by atoms with Crippen molar-refractivity contribution in [2.75, 3.05) is 26.4 Å². The SMILES string of the molecule is CCOC1(OCC)C=CC=CC1C(OCC)(OCC)C(=O)c1ccccc1. The molecule has 2 rings (SSSR count). The Labute approximate surface area is 162 Å². The Bertz CT molecular complexity index is 638. The van der Waals surface area contributed by atoms with Crippen molar-refractivity contribution in [3.63, 3.8) is 0 Å².